The minimum Gasteiger partial charge on any atom is -0.294 e. The molecule has 6 nitrogen and oxygen atoms in total. The summed E-state index contributed by atoms with van der Waals surface area (Å²) in [4.78, 5) is 22.9. The van der Waals surface area contributed by atoms with Crippen LogP contribution in [0.1, 0.15) is 23.4 Å². The molecule has 0 aliphatic carbocycles. The SMILES string of the molecule is Cc1sc2ncn(C(C)Cn3cncn3)c(=O)c2c1C. The second kappa shape index (κ2) is 4.82. The quantitative estimate of drug-likeness (QED) is 0.739. The predicted octanol–water partition coefficient (Wildman–Crippen LogP) is 1.93. The molecular weight excluding hydrogens is 274 g/mol. The van der Waals surface area contributed by atoms with Crippen LogP contribution in [-0.4, -0.2) is 24.3 Å². The van der Waals surface area contributed by atoms with E-state index in [0.29, 0.717) is 6.54 Å². The Kier molecular flexibility index (Phi) is 3.13. The number of hydrogen-bond acceptors (Lipinski definition) is 5. The zero-order chi connectivity index (χ0) is 14.3. The normalized spacial score (nSPS) is 12.9. The number of fused-ring (bicyclic) bond motifs is 1. The zero-order valence-corrected chi connectivity index (χ0v) is 12.4. The van der Waals surface area contributed by atoms with Crippen molar-refractivity contribution < 1.29 is 0 Å². The number of hydrogen-bond donors (Lipinski definition) is 0. The highest BCUT2D eigenvalue weighted by molar-refractivity contribution is 7.18. The van der Waals surface area contributed by atoms with Gasteiger partial charge >= 0.3 is 0 Å². The molecule has 0 fully saturated rings. The van der Waals surface area contributed by atoms with Crippen molar-refractivity contribution in [3.05, 3.63) is 39.8 Å². The summed E-state index contributed by atoms with van der Waals surface area (Å²) >= 11 is 1.57. The first-order chi connectivity index (χ1) is 9.58. The molecule has 0 bridgehead atoms. The lowest BCUT2D eigenvalue weighted by Gasteiger charge is -2.14. The summed E-state index contributed by atoms with van der Waals surface area (Å²) in [5.74, 6) is 0. The Bertz CT molecular complexity index is 802. The molecule has 0 saturated heterocycles. The monoisotopic (exact) mass is 289 g/mol. The topological polar surface area (TPSA) is 65.6 Å². The second-order valence-corrected chi connectivity index (χ2v) is 6.09. The van der Waals surface area contributed by atoms with Gasteiger partial charge in [0.2, 0.25) is 0 Å². The molecule has 104 valence electrons. The summed E-state index contributed by atoms with van der Waals surface area (Å²) in [6.45, 7) is 6.56. The molecule has 0 aliphatic rings. The average Bonchev–Trinajstić information content (AvgIpc) is 3.00. The molecule has 0 saturated carbocycles. The molecule has 0 radical (unpaired) electrons. The molecular formula is C13H15N5OS. The van der Waals surface area contributed by atoms with Crippen LogP contribution in [0.15, 0.2) is 23.8 Å². The fraction of sp³-hybridized carbons (Fsp3) is 0.385. The number of aromatic nitrogens is 5. The number of nitrogens with zero attached hydrogens (tertiary/aromatic N) is 5. The zero-order valence-electron chi connectivity index (χ0n) is 11.6. The van der Waals surface area contributed by atoms with Crippen LogP contribution in [0.25, 0.3) is 10.2 Å². The van der Waals surface area contributed by atoms with Crippen molar-refractivity contribution >= 4 is 21.6 Å². The first-order valence-corrected chi connectivity index (χ1v) is 7.19. The van der Waals surface area contributed by atoms with Crippen molar-refractivity contribution in [3.63, 3.8) is 0 Å². The van der Waals surface area contributed by atoms with Gasteiger partial charge in [0.15, 0.2) is 0 Å². The minimum absolute atomic E-state index is 0.0180. The molecule has 3 rings (SSSR count). The smallest absolute Gasteiger partial charge is 0.262 e. The summed E-state index contributed by atoms with van der Waals surface area (Å²) < 4.78 is 3.39. The van der Waals surface area contributed by atoms with Crippen molar-refractivity contribution in [2.24, 2.45) is 0 Å². The molecule has 3 aromatic heterocycles. The van der Waals surface area contributed by atoms with Gasteiger partial charge in [0.1, 0.15) is 17.5 Å². The summed E-state index contributed by atoms with van der Waals surface area (Å²) in [5, 5.41) is 4.80. The predicted molar refractivity (Wildman–Crippen MR) is 78.1 cm³/mol. The lowest BCUT2D eigenvalue weighted by Crippen LogP contribution is -2.26. The van der Waals surface area contributed by atoms with E-state index >= 15 is 0 Å². The molecule has 3 aromatic rings. The van der Waals surface area contributed by atoms with E-state index in [2.05, 4.69) is 15.1 Å². The maximum absolute atomic E-state index is 12.6. The Balaban J connectivity index is 2.06. The van der Waals surface area contributed by atoms with Crippen molar-refractivity contribution in [2.45, 2.75) is 33.4 Å². The maximum Gasteiger partial charge on any atom is 0.262 e. The van der Waals surface area contributed by atoms with Gasteiger partial charge in [-0.15, -0.1) is 11.3 Å². The molecule has 0 N–H and O–H groups in total. The van der Waals surface area contributed by atoms with Gasteiger partial charge in [0, 0.05) is 4.88 Å². The third kappa shape index (κ3) is 2.03. The van der Waals surface area contributed by atoms with Crippen LogP contribution >= 0.6 is 11.3 Å². The van der Waals surface area contributed by atoms with Crippen LogP contribution in [0, 0.1) is 13.8 Å². The fourth-order valence-corrected chi connectivity index (χ4v) is 3.24. The van der Waals surface area contributed by atoms with Gasteiger partial charge in [-0.1, -0.05) is 0 Å². The van der Waals surface area contributed by atoms with Gasteiger partial charge in [0.05, 0.1) is 24.3 Å². The van der Waals surface area contributed by atoms with Crippen LogP contribution in [-0.2, 0) is 6.54 Å². The van der Waals surface area contributed by atoms with Gasteiger partial charge in [-0.05, 0) is 26.3 Å². The molecule has 0 amide bonds. The highest BCUT2D eigenvalue weighted by Crippen LogP contribution is 2.25. The average molecular weight is 289 g/mol. The van der Waals surface area contributed by atoms with E-state index in [-0.39, 0.29) is 11.6 Å². The van der Waals surface area contributed by atoms with E-state index in [0.717, 1.165) is 20.7 Å². The summed E-state index contributed by atoms with van der Waals surface area (Å²) in [6.07, 6.45) is 4.76. The Labute approximate surface area is 119 Å². The largest absolute Gasteiger partial charge is 0.294 e. The van der Waals surface area contributed by atoms with E-state index in [9.17, 15) is 4.79 Å². The van der Waals surface area contributed by atoms with Crippen molar-refractivity contribution in [2.75, 3.05) is 0 Å². The first kappa shape index (κ1) is 13.0. The van der Waals surface area contributed by atoms with Gasteiger partial charge in [-0.2, -0.15) is 5.10 Å². The van der Waals surface area contributed by atoms with E-state index in [1.165, 1.54) is 6.33 Å². The lowest BCUT2D eigenvalue weighted by molar-refractivity contribution is 0.425. The standard InChI is InChI=1S/C13H15N5OS/c1-8(4-17-6-14-5-16-17)18-7-15-12-11(13(18)19)9(2)10(3)20-12/h5-8H,4H2,1-3H3. The van der Waals surface area contributed by atoms with E-state index in [1.54, 1.807) is 33.2 Å². The van der Waals surface area contributed by atoms with Crippen LogP contribution in [0.2, 0.25) is 0 Å². The first-order valence-electron chi connectivity index (χ1n) is 6.37. The Morgan fingerprint density at radius 3 is 2.85 bits per heavy atom. The Morgan fingerprint density at radius 2 is 2.15 bits per heavy atom. The van der Waals surface area contributed by atoms with Crippen LogP contribution < -0.4 is 5.56 Å². The third-order valence-corrected chi connectivity index (χ3v) is 4.62. The van der Waals surface area contributed by atoms with Gasteiger partial charge < -0.3 is 0 Å². The highest BCUT2D eigenvalue weighted by atomic mass is 32.1. The summed E-state index contributed by atoms with van der Waals surface area (Å²) in [5.41, 5.74) is 1.05. The lowest BCUT2D eigenvalue weighted by atomic mass is 10.2. The van der Waals surface area contributed by atoms with E-state index in [4.69, 9.17) is 0 Å². The molecule has 3 heterocycles. The van der Waals surface area contributed by atoms with Crippen molar-refractivity contribution in [1.29, 1.82) is 0 Å². The summed E-state index contributed by atoms with van der Waals surface area (Å²) in [6, 6.07) is -0.0271. The van der Waals surface area contributed by atoms with Crippen LogP contribution in [0.5, 0.6) is 0 Å². The number of rotatable bonds is 3. The second-order valence-electron chi connectivity index (χ2n) is 4.89. The summed E-state index contributed by atoms with van der Waals surface area (Å²) in [7, 11) is 0. The van der Waals surface area contributed by atoms with E-state index in [1.807, 2.05) is 20.8 Å². The third-order valence-electron chi connectivity index (χ3n) is 3.51. The van der Waals surface area contributed by atoms with Gasteiger partial charge in [0.25, 0.3) is 5.56 Å². The van der Waals surface area contributed by atoms with Crippen LogP contribution in [0.4, 0.5) is 0 Å². The molecule has 0 spiro atoms. The molecule has 20 heavy (non-hydrogen) atoms. The van der Waals surface area contributed by atoms with E-state index < -0.39 is 0 Å². The molecule has 1 atom stereocenters. The van der Waals surface area contributed by atoms with Crippen LogP contribution in [0.3, 0.4) is 0 Å². The molecule has 0 aliphatic heterocycles. The van der Waals surface area contributed by atoms with Crippen molar-refractivity contribution in [1.82, 2.24) is 24.3 Å². The number of thiophene rings is 1. The highest BCUT2D eigenvalue weighted by Gasteiger charge is 2.15. The van der Waals surface area contributed by atoms with Crippen molar-refractivity contribution in [3.8, 4) is 0 Å². The maximum atomic E-state index is 12.6. The van der Waals surface area contributed by atoms with Gasteiger partial charge in [-0.25, -0.2) is 9.97 Å². The molecule has 0 aromatic carbocycles. The Morgan fingerprint density at radius 1 is 1.35 bits per heavy atom. The molecule has 7 heteroatoms. The molecule has 1 unspecified atom stereocenters. The Hall–Kier alpha value is -2.02. The van der Waals surface area contributed by atoms with Gasteiger partial charge in [-0.3, -0.25) is 14.0 Å². The number of aryl methyl sites for hydroxylation is 2. The minimum atomic E-state index is -0.0271. The fourth-order valence-electron chi connectivity index (χ4n) is 2.25.